The molecule has 8 rings (SSSR count). The van der Waals surface area contributed by atoms with Gasteiger partial charge in [0.1, 0.15) is 0 Å². The molecule has 0 radical (unpaired) electrons. The van der Waals surface area contributed by atoms with Crippen LogP contribution in [0.1, 0.15) is 0 Å². The van der Waals surface area contributed by atoms with Crippen LogP contribution in [0.2, 0.25) is 0 Å². The summed E-state index contributed by atoms with van der Waals surface area (Å²) in [6, 6.07) is 59.2. The van der Waals surface area contributed by atoms with Crippen molar-refractivity contribution in [2.75, 3.05) is 4.90 Å². The third kappa shape index (κ3) is 4.25. The second kappa shape index (κ2) is 10.3. The number of fused-ring (bicyclic) bond motifs is 4. The Hall–Kier alpha value is -5.18. The highest BCUT2D eigenvalue weighted by molar-refractivity contribution is 7.26. The molecule has 8 aromatic rings. The summed E-state index contributed by atoms with van der Waals surface area (Å²) in [6.07, 6.45) is 0. The fourth-order valence-corrected chi connectivity index (χ4v) is 7.29. The zero-order valence-electron chi connectivity index (χ0n) is 22.9. The maximum absolute atomic E-state index is 2.43. The second-order valence-corrected chi connectivity index (χ2v) is 11.6. The molecule has 1 aromatic heterocycles. The molecule has 0 bridgehead atoms. The van der Waals surface area contributed by atoms with E-state index < -0.39 is 0 Å². The Morgan fingerprint density at radius 3 is 1.86 bits per heavy atom. The molecule has 0 atom stereocenters. The molecule has 42 heavy (non-hydrogen) atoms. The van der Waals surface area contributed by atoms with Crippen molar-refractivity contribution in [3.8, 4) is 22.3 Å². The minimum absolute atomic E-state index is 1.13. The highest BCUT2D eigenvalue weighted by Gasteiger charge is 2.19. The number of hydrogen-bond donors (Lipinski definition) is 0. The van der Waals surface area contributed by atoms with Crippen LogP contribution >= 0.6 is 11.3 Å². The number of nitrogens with zero attached hydrogens (tertiary/aromatic N) is 1. The topological polar surface area (TPSA) is 3.24 Å². The lowest BCUT2D eigenvalue weighted by atomic mass is 9.97. The van der Waals surface area contributed by atoms with Gasteiger partial charge < -0.3 is 4.90 Å². The molecule has 0 N–H and O–H groups in total. The molecule has 7 aromatic carbocycles. The maximum Gasteiger partial charge on any atom is 0.0640 e. The zero-order chi connectivity index (χ0) is 27.9. The Bertz CT molecular complexity index is 2200. The van der Waals surface area contributed by atoms with Gasteiger partial charge in [0.25, 0.3) is 0 Å². The van der Waals surface area contributed by atoms with E-state index in [0.29, 0.717) is 0 Å². The van der Waals surface area contributed by atoms with Gasteiger partial charge in [-0.05, 0) is 69.4 Å². The first-order valence-electron chi connectivity index (χ1n) is 14.3. The Morgan fingerprint density at radius 1 is 0.405 bits per heavy atom. The van der Waals surface area contributed by atoms with Crippen LogP contribution in [0.25, 0.3) is 53.2 Å². The minimum atomic E-state index is 1.13. The van der Waals surface area contributed by atoms with Gasteiger partial charge in [-0.25, -0.2) is 0 Å². The average Bonchev–Trinajstić information content (AvgIpc) is 3.45. The third-order valence-electron chi connectivity index (χ3n) is 8.04. The van der Waals surface area contributed by atoms with Gasteiger partial charge in [0.2, 0.25) is 0 Å². The van der Waals surface area contributed by atoms with Crippen LogP contribution in [-0.2, 0) is 0 Å². The monoisotopic (exact) mass is 553 g/mol. The fourth-order valence-electron chi connectivity index (χ4n) is 6.08. The summed E-state index contributed by atoms with van der Waals surface area (Å²) in [5.41, 5.74) is 8.32. The first-order chi connectivity index (χ1) is 20.8. The van der Waals surface area contributed by atoms with Gasteiger partial charge >= 0.3 is 0 Å². The van der Waals surface area contributed by atoms with Crippen LogP contribution in [-0.4, -0.2) is 0 Å². The molecule has 0 unspecified atom stereocenters. The number of hydrogen-bond acceptors (Lipinski definition) is 2. The lowest BCUT2D eigenvalue weighted by Crippen LogP contribution is -2.10. The Balaban J connectivity index is 1.37. The molecule has 0 aliphatic heterocycles. The van der Waals surface area contributed by atoms with E-state index in [1.807, 2.05) is 11.3 Å². The first kappa shape index (κ1) is 24.6. The summed E-state index contributed by atoms with van der Waals surface area (Å²) >= 11 is 1.87. The molecular formula is C40H27NS. The predicted octanol–water partition coefficient (Wildman–Crippen LogP) is 12.0. The first-order valence-corrected chi connectivity index (χ1v) is 15.1. The van der Waals surface area contributed by atoms with Crippen LogP contribution in [0, 0.1) is 0 Å². The zero-order valence-corrected chi connectivity index (χ0v) is 23.8. The van der Waals surface area contributed by atoms with Crippen LogP contribution in [0.4, 0.5) is 17.1 Å². The highest BCUT2D eigenvalue weighted by atomic mass is 32.1. The molecule has 0 saturated heterocycles. The van der Waals surface area contributed by atoms with Gasteiger partial charge in [-0.2, -0.15) is 0 Å². The van der Waals surface area contributed by atoms with Crippen molar-refractivity contribution in [3.63, 3.8) is 0 Å². The molecule has 0 saturated carbocycles. The summed E-state index contributed by atoms with van der Waals surface area (Å²) in [6.45, 7) is 0. The number of rotatable bonds is 5. The Kier molecular flexibility index (Phi) is 6.05. The molecule has 0 spiro atoms. The van der Waals surface area contributed by atoms with Crippen molar-refractivity contribution in [2.24, 2.45) is 0 Å². The smallest absolute Gasteiger partial charge is 0.0640 e. The standard InChI is InChI=1S/C40H27NS/c1-2-12-28(13-3-1)30-16-8-18-32(26-30)41(38-24-11-23-37-36-21-6-7-25-39(36)42-40(37)38)33-19-9-17-31(27-33)35-22-10-15-29-14-4-5-20-34(29)35/h1-27H. The van der Waals surface area contributed by atoms with Gasteiger partial charge in [0.05, 0.1) is 10.4 Å². The largest absolute Gasteiger partial charge is 0.309 e. The minimum Gasteiger partial charge on any atom is -0.309 e. The van der Waals surface area contributed by atoms with Crippen molar-refractivity contribution in [1.82, 2.24) is 0 Å². The Morgan fingerprint density at radius 2 is 1.00 bits per heavy atom. The third-order valence-corrected chi connectivity index (χ3v) is 9.25. The molecule has 0 aliphatic carbocycles. The van der Waals surface area contributed by atoms with Gasteiger partial charge in [0.15, 0.2) is 0 Å². The summed E-state index contributed by atoms with van der Waals surface area (Å²) in [5.74, 6) is 0. The second-order valence-electron chi connectivity index (χ2n) is 10.6. The average molecular weight is 554 g/mol. The summed E-state index contributed by atoms with van der Waals surface area (Å²) in [4.78, 5) is 2.43. The van der Waals surface area contributed by atoms with Gasteiger partial charge in [0, 0.05) is 26.8 Å². The van der Waals surface area contributed by atoms with E-state index in [-0.39, 0.29) is 0 Å². The van der Waals surface area contributed by atoms with Gasteiger partial charge in [-0.15, -0.1) is 11.3 Å². The quantitative estimate of drug-likeness (QED) is 0.205. The van der Waals surface area contributed by atoms with Crippen LogP contribution < -0.4 is 4.90 Å². The van der Waals surface area contributed by atoms with E-state index in [4.69, 9.17) is 0 Å². The molecule has 0 fully saturated rings. The Labute approximate surface area is 249 Å². The van der Waals surface area contributed by atoms with Crippen molar-refractivity contribution in [1.29, 1.82) is 0 Å². The van der Waals surface area contributed by atoms with Crippen LogP contribution in [0.3, 0.4) is 0 Å². The predicted molar refractivity (Wildman–Crippen MR) is 182 cm³/mol. The molecule has 1 nitrogen and oxygen atoms in total. The fraction of sp³-hybridized carbons (Fsp3) is 0. The van der Waals surface area contributed by atoms with Crippen LogP contribution in [0.15, 0.2) is 164 Å². The summed E-state index contributed by atoms with van der Waals surface area (Å²) < 4.78 is 2.60. The highest BCUT2D eigenvalue weighted by Crippen LogP contribution is 2.46. The maximum atomic E-state index is 2.43. The molecule has 0 amide bonds. The van der Waals surface area contributed by atoms with Crippen molar-refractivity contribution >= 4 is 59.3 Å². The normalized spacial score (nSPS) is 11.3. The lowest BCUT2D eigenvalue weighted by Gasteiger charge is -2.27. The molecule has 1 heterocycles. The van der Waals surface area contributed by atoms with E-state index in [1.165, 1.54) is 58.9 Å². The summed E-state index contributed by atoms with van der Waals surface area (Å²) in [7, 11) is 0. The lowest BCUT2D eigenvalue weighted by molar-refractivity contribution is 1.30. The van der Waals surface area contributed by atoms with E-state index in [2.05, 4.69) is 169 Å². The molecule has 2 heteroatoms. The number of anilines is 3. The molecular weight excluding hydrogens is 527 g/mol. The van der Waals surface area contributed by atoms with Crippen LogP contribution in [0.5, 0.6) is 0 Å². The van der Waals surface area contributed by atoms with Crippen molar-refractivity contribution < 1.29 is 0 Å². The van der Waals surface area contributed by atoms with E-state index >= 15 is 0 Å². The number of benzene rings is 7. The number of thiophene rings is 1. The SMILES string of the molecule is c1ccc(-c2cccc(N(c3cccc(-c4cccc5ccccc45)c3)c3cccc4c3sc3ccccc34)c2)cc1. The van der Waals surface area contributed by atoms with Crippen molar-refractivity contribution in [3.05, 3.63) is 164 Å². The van der Waals surface area contributed by atoms with Gasteiger partial charge in [-0.3, -0.25) is 0 Å². The van der Waals surface area contributed by atoms with Gasteiger partial charge in [-0.1, -0.05) is 127 Å². The van der Waals surface area contributed by atoms with E-state index in [9.17, 15) is 0 Å². The van der Waals surface area contributed by atoms with E-state index in [0.717, 1.165) is 11.4 Å². The van der Waals surface area contributed by atoms with E-state index in [1.54, 1.807) is 0 Å². The summed E-state index contributed by atoms with van der Waals surface area (Å²) in [5, 5.41) is 5.12. The molecule has 198 valence electrons. The van der Waals surface area contributed by atoms with Crippen molar-refractivity contribution in [2.45, 2.75) is 0 Å². The molecule has 0 aliphatic rings.